The molecule has 3 nitrogen and oxygen atoms in total. The second kappa shape index (κ2) is 5.56. The van der Waals surface area contributed by atoms with E-state index in [1.54, 1.807) is 30.3 Å². The van der Waals surface area contributed by atoms with Gasteiger partial charge in [0.25, 0.3) is 0 Å². The molecule has 1 aromatic rings. The molecular formula is C6H7O3PTi. The summed E-state index contributed by atoms with van der Waals surface area (Å²) in [6.07, 6.45) is 0. The average Bonchev–Trinajstić information content (AvgIpc) is 1.88. The molecular weight excluding hydrogens is 199 g/mol. The van der Waals surface area contributed by atoms with E-state index in [0.717, 1.165) is 0 Å². The van der Waals surface area contributed by atoms with Crippen LogP contribution in [0.3, 0.4) is 0 Å². The Kier molecular flexibility index (Phi) is 5.52. The van der Waals surface area contributed by atoms with Gasteiger partial charge in [-0.05, 0) is 12.1 Å². The maximum Gasteiger partial charge on any atom is 0.365 e. The first kappa shape index (κ1) is 10.9. The molecule has 0 aliphatic rings. The van der Waals surface area contributed by atoms with E-state index in [1.807, 2.05) is 0 Å². The molecule has 0 fully saturated rings. The second-order valence-electron chi connectivity index (χ2n) is 1.68. The number of hydrogen-bond acceptors (Lipinski definition) is 2. The van der Waals surface area contributed by atoms with Crippen molar-refractivity contribution in [3.63, 3.8) is 0 Å². The molecule has 5 heteroatoms. The van der Waals surface area contributed by atoms with E-state index in [4.69, 9.17) is 4.89 Å². The van der Waals surface area contributed by atoms with Gasteiger partial charge in [-0.15, -0.1) is 0 Å². The maximum absolute atomic E-state index is 10.1. The van der Waals surface area contributed by atoms with Crippen molar-refractivity contribution in [3.05, 3.63) is 30.3 Å². The van der Waals surface area contributed by atoms with Crippen molar-refractivity contribution in [2.24, 2.45) is 0 Å². The SMILES string of the molecule is O=[PH](O)Oc1ccccc1.[Ti]. The first-order valence-corrected chi connectivity index (χ1v) is 4.01. The molecule has 11 heavy (non-hydrogen) atoms. The average molecular weight is 206 g/mol. The van der Waals surface area contributed by atoms with Crippen molar-refractivity contribution < 1.29 is 35.7 Å². The Morgan fingerprint density at radius 2 is 1.82 bits per heavy atom. The van der Waals surface area contributed by atoms with Crippen LogP contribution in [0.5, 0.6) is 5.75 Å². The molecule has 0 aromatic heterocycles. The molecule has 0 saturated heterocycles. The third-order valence-corrected chi connectivity index (χ3v) is 1.36. The molecule has 0 aliphatic heterocycles. The van der Waals surface area contributed by atoms with Crippen molar-refractivity contribution >= 4 is 8.25 Å². The van der Waals surface area contributed by atoms with Gasteiger partial charge in [0.15, 0.2) is 0 Å². The van der Waals surface area contributed by atoms with Gasteiger partial charge in [-0.25, -0.2) is 4.57 Å². The summed E-state index contributed by atoms with van der Waals surface area (Å²) in [5.41, 5.74) is 0. The minimum atomic E-state index is -2.84. The summed E-state index contributed by atoms with van der Waals surface area (Å²) in [6, 6.07) is 8.53. The molecule has 1 atom stereocenters. The number of benzene rings is 1. The standard InChI is InChI=1S/C6H7O3P.Ti/c7-10(8)9-6-4-2-1-3-5-6;/h1-5,10H,(H,7,8);. The first-order valence-electron chi connectivity index (χ1n) is 2.75. The smallest absolute Gasteiger partial charge is 0.365 e. The second-order valence-corrected chi connectivity index (χ2v) is 2.42. The third-order valence-electron chi connectivity index (χ3n) is 0.948. The molecule has 1 rings (SSSR count). The first-order chi connectivity index (χ1) is 4.79. The van der Waals surface area contributed by atoms with E-state index in [2.05, 4.69) is 4.52 Å². The molecule has 1 aromatic carbocycles. The molecule has 0 spiro atoms. The quantitative estimate of drug-likeness (QED) is 0.588. The van der Waals surface area contributed by atoms with Gasteiger partial charge in [0.05, 0.1) is 0 Å². The molecule has 0 saturated carbocycles. The largest absolute Gasteiger partial charge is 0.426 e. The van der Waals surface area contributed by atoms with Crippen LogP contribution in [0.2, 0.25) is 0 Å². The fourth-order valence-electron chi connectivity index (χ4n) is 0.589. The summed E-state index contributed by atoms with van der Waals surface area (Å²) < 4.78 is 14.6. The van der Waals surface area contributed by atoms with Crippen molar-refractivity contribution in [1.82, 2.24) is 0 Å². The molecule has 0 radical (unpaired) electrons. The van der Waals surface area contributed by atoms with Crippen LogP contribution >= 0.6 is 8.25 Å². The summed E-state index contributed by atoms with van der Waals surface area (Å²) >= 11 is 0. The molecule has 0 heterocycles. The van der Waals surface area contributed by atoms with Crippen LogP contribution in [0.25, 0.3) is 0 Å². The van der Waals surface area contributed by atoms with Crippen molar-refractivity contribution in [2.75, 3.05) is 0 Å². The van der Waals surface area contributed by atoms with Crippen molar-refractivity contribution in [2.45, 2.75) is 0 Å². The van der Waals surface area contributed by atoms with E-state index in [-0.39, 0.29) is 21.7 Å². The van der Waals surface area contributed by atoms with Gasteiger partial charge in [0, 0.05) is 21.7 Å². The van der Waals surface area contributed by atoms with Crippen molar-refractivity contribution in [1.29, 1.82) is 0 Å². The van der Waals surface area contributed by atoms with Gasteiger partial charge in [0.2, 0.25) is 0 Å². The van der Waals surface area contributed by atoms with Crippen LogP contribution in [0, 0.1) is 0 Å². The third kappa shape index (κ3) is 4.38. The summed E-state index contributed by atoms with van der Waals surface area (Å²) in [5.74, 6) is 0.425. The summed E-state index contributed by atoms with van der Waals surface area (Å²) in [5, 5.41) is 0. The monoisotopic (exact) mass is 206 g/mol. The molecule has 0 amide bonds. The fourth-order valence-corrected chi connectivity index (χ4v) is 0.927. The normalized spacial score (nSPS) is 11.4. The van der Waals surface area contributed by atoms with Gasteiger partial charge < -0.3 is 9.42 Å². The molecule has 58 valence electrons. The Morgan fingerprint density at radius 3 is 2.27 bits per heavy atom. The van der Waals surface area contributed by atoms with Gasteiger partial charge in [0.1, 0.15) is 5.75 Å². The predicted molar refractivity (Wildman–Crippen MR) is 38.3 cm³/mol. The van der Waals surface area contributed by atoms with Crippen LogP contribution in [-0.4, -0.2) is 4.89 Å². The zero-order valence-electron chi connectivity index (χ0n) is 5.65. The van der Waals surface area contributed by atoms with Crippen LogP contribution in [0.1, 0.15) is 0 Å². The number of hydrogen-bond donors (Lipinski definition) is 1. The van der Waals surface area contributed by atoms with Gasteiger partial charge in [-0.2, -0.15) is 0 Å². The molecule has 0 bridgehead atoms. The summed E-state index contributed by atoms with van der Waals surface area (Å²) in [7, 11) is -2.84. The van der Waals surface area contributed by atoms with Crippen LogP contribution in [0.15, 0.2) is 30.3 Å². The van der Waals surface area contributed by atoms with E-state index in [0.29, 0.717) is 5.75 Å². The fraction of sp³-hybridized carbons (Fsp3) is 0. The Labute approximate surface area is 80.2 Å². The van der Waals surface area contributed by atoms with Gasteiger partial charge in [-0.1, -0.05) is 18.2 Å². The van der Waals surface area contributed by atoms with Crippen LogP contribution < -0.4 is 4.52 Å². The van der Waals surface area contributed by atoms with Crippen LogP contribution in [-0.2, 0) is 26.3 Å². The minimum Gasteiger partial charge on any atom is -0.426 e. The van der Waals surface area contributed by atoms with Crippen molar-refractivity contribution in [3.8, 4) is 5.75 Å². The van der Waals surface area contributed by atoms with E-state index in [9.17, 15) is 4.57 Å². The topological polar surface area (TPSA) is 46.5 Å². The van der Waals surface area contributed by atoms with Gasteiger partial charge in [-0.3, -0.25) is 0 Å². The maximum atomic E-state index is 10.1. The number of para-hydroxylation sites is 1. The van der Waals surface area contributed by atoms with Gasteiger partial charge >= 0.3 is 8.25 Å². The molecule has 1 unspecified atom stereocenters. The Morgan fingerprint density at radius 1 is 1.27 bits per heavy atom. The van der Waals surface area contributed by atoms with E-state index in [1.165, 1.54) is 0 Å². The molecule has 0 aliphatic carbocycles. The summed E-state index contributed by atoms with van der Waals surface area (Å²) in [4.78, 5) is 8.33. The Balaban J connectivity index is 0.000001000. The summed E-state index contributed by atoms with van der Waals surface area (Å²) in [6.45, 7) is 0. The molecule has 1 N–H and O–H groups in total. The predicted octanol–water partition coefficient (Wildman–Crippen LogP) is 1.44. The van der Waals surface area contributed by atoms with E-state index >= 15 is 0 Å². The zero-order valence-corrected chi connectivity index (χ0v) is 8.21. The van der Waals surface area contributed by atoms with E-state index < -0.39 is 8.25 Å². The Hall–Kier alpha value is -0.0757. The van der Waals surface area contributed by atoms with Crippen LogP contribution in [0.4, 0.5) is 0 Å². The number of rotatable bonds is 2. The zero-order chi connectivity index (χ0) is 7.40. The minimum absolute atomic E-state index is 0. The Bertz CT molecular complexity index is 227.